The van der Waals surface area contributed by atoms with Gasteiger partial charge in [-0.15, -0.1) is 20.4 Å². The zero-order valence-corrected chi connectivity index (χ0v) is 16.9. The number of aromatic nitrogens is 4. The molecule has 0 bridgehead atoms. The maximum Gasteiger partial charge on any atom is 0.262 e. The van der Waals surface area contributed by atoms with E-state index in [0.717, 1.165) is 24.5 Å². The number of benzene rings is 2. The number of nitrogens with one attached hydrogen (secondary N) is 2. The van der Waals surface area contributed by atoms with Gasteiger partial charge < -0.3 is 10.6 Å². The van der Waals surface area contributed by atoms with Gasteiger partial charge in [0.05, 0.1) is 20.6 Å². The smallest absolute Gasteiger partial charge is 0.262 e. The van der Waals surface area contributed by atoms with Gasteiger partial charge in [0.2, 0.25) is 0 Å². The van der Waals surface area contributed by atoms with Gasteiger partial charge in [0.25, 0.3) is 11.9 Å². The van der Waals surface area contributed by atoms with Crippen molar-refractivity contribution in [1.29, 1.82) is 0 Å². The van der Waals surface area contributed by atoms with E-state index in [1.54, 1.807) is 0 Å². The Morgan fingerprint density at radius 1 is 0.786 bits per heavy atom. The first-order valence-electron chi connectivity index (χ1n) is 9.21. The minimum Gasteiger partial charge on any atom is -0.351 e. The normalized spacial score (nSPS) is 11.2. The number of rotatable bonds is 9. The Kier molecular flexibility index (Phi) is 6.73. The fourth-order valence-corrected chi connectivity index (χ4v) is 2.88. The quantitative estimate of drug-likeness (QED) is 0.539. The van der Waals surface area contributed by atoms with Gasteiger partial charge in [-0.3, -0.25) is 4.48 Å². The molecule has 1 aromatic heterocycles. The van der Waals surface area contributed by atoms with E-state index in [4.69, 9.17) is 11.6 Å². The lowest BCUT2D eigenvalue weighted by atomic mass is 10.1. The summed E-state index contributed by atoms with van der Waals surface area (Å²) in [6.07, 6.45) is 0.891. The molecule has 0 saturated heterocycles. The molecule has 8 heteroatoms. The number of hydrogen-bond donors (Lipinski definition) is 2. The van der Waals surface area contributed by atoms with Crippen LogP contribution in [0.25, 0.3) is 0 Å². The molecule has 7 nitrogen and oxygen atoms in total. The summed E-state index contributed by atoms with van der Waals surface area (Å²) in [4.78, 5) is 0. The average Bonchev–Trinajstić information content (AvgIpc) is 2.70. The molecule has 0 spiro atoms. The Morgan fingerprint density at radius 2 is 1.36 bits per heavy atom. The highest BCUT2D eigenvalue weighted by molar-refractivity contribution is 6.30. The molecule has 2 aromatic carbocycles. The first-order chi connectivity index (χ1) is 13.5. The molecular weight excluding hydrogens is 374 g/mol. The fourth-order valence-electron chi connectivity index (χ4n) is 2.76. The minimum absolute atomic E-state index is 0.421. The van der Waals surface area contributed by atoms with Crippen LogP contribution < -0.4 is 15.1 Å². The van der Waals surface area contributed by atoms with E-state index in [0.29, 0.717) is 22.9 Å². The Morgan fingerprint density at radius 3 is 1.96 bits per heavy atom. The second-order valence-corrected chi connectivity index (χ2v) is 7.46. The predicted octanol–water partition coefficient (Wildman–Crippen LogP) is 3.25. The van der Waals surface area contributed by atoms with Crippen LogP contribution in [0.2, 0.25) is 5.02 Å². The van der Waals surface area contributed by atoms with Crippen LogP contribution in [0.4, 0.5) is 17.6 Å². The maximum atomic E-state index is 5.97. The van der Waals surface area contributed by atoms with Crippen molar-refractivity contribution in [2.75, 3.05) is 44.4 Å². The lowest BCUT2D eigenvalue weighted by Gasteiger charge is -2.29. The van der Waals surface area contributed by atoms with Crippen molar-refractivity contribution in [3.8, 4) is 0 Å². The Labute approximate surface area is 170 Å². The number of likely N-dealkylation sites (N-methyl/N-ethyl adjacent to an activating group) is 1. The molecule has 28 heavy (non-hydrogen) atoms. The molecule has 0 aliphatic rings. The Bertz CT molecular complexity index is 852. The zero-order chi connectivity index (χ0) is 19.8. The van der Waals surface area contributed by atoms with Crippen LogP contribution >= 0.6 is 11.6 Å². The van der Waals surface area contributed by atoms with Crippen molar-refractivity contribution in [2.45, 2.75) is 6.42 Å². The van der Waals surface area contributed by atoms with Crippen molar-refractivity contribution < 1.29 is 0 Å². The van der Waals surface area contributed by atoms with E-state index < -0.39 is 0 Å². The van der Waals surface area contributed by atoms with Crippen LogP contribution in [-0.4, -0.2) is 54.1 Å². The molecule has 0 aliphatic heterocycles. The molecule has 0 unspecified atom stereocenters. The average molecular weight is 399 g/mol. The Hall–Kier alpha value is -2.77. The summed E-state index contributed by atoms with van der Waals surface area (Å²) < 4.78 is 0.712. The summed E-state index contributed by atoms with van der Waals surface area (Å²) in [5.41, 5.74) is 2.44. The summed E-state index contributed by atoms with van der Waals surface area (Å²) in [6, 6.07) is 18.2. The van der Waals surface area contributed by atoms with E-state index in [2.05, 4.69) is 57.3 Å². The van der Waals surface area contributed by atoms with Crippen molar-refractivity contribution >= 4 is 29.2 Å². The third-order valence-electron chi connectivity index (χ3n) is 4.50. The van der Waals surface area contributed by atoms with Gasteiger partial charge in [0.15, 0.2) is 0 Å². The molecule has 0 amide bonds. The van der Waals surface area contributed by atoms with Gasteiger partial charge in [-0.2, -0.15) is 0 Å². The van der Waals surface area contributed by atoms with E-state index in [1.807, 2.05) is 42.5 Å². The van der Waals surface area contributed by atoms with E-state index >= 15 is 0 Å². The van der Waals surface area contributed by atoms with Gasteiger partial charge in [0.1, 0.15) is 12.2 Å². The molecule has 3 rings (SSSR count). The topological polar surface area (TPSA) is 75.6 Å². The third kappa shape index (κ3) is 5.87. The van der Waals surface area contributed by atoms with E-state index in [1.165, 1.54) is 11.3 Å². The first-order valence-corrected chi connectivity index (χ1v) is 9.59. The zero-order valence-electron chi connectivity index (χ0n) is 16.1. The molecular formula is C20H25ClN7+. The maximum absolute atomic E-state index is 5.97. The van der Waals surface area contributed by atoms with Crippen LogP contribution in [0.5, 0.6) is 0 Å². The number of quaternary nitrogens is 1. The number of nitrogens with zero attached hydrogens (tertiary/aromatic N) is 5. The second kappa shape index (κ2) is 9.43. The van der Waals surface area contributed by atoms with Gasteiger partial charge in [-0.25, -0.2) is 0 Å². The molecule has 146 valence electrons. The molecule has 1 heterocycles. The highest BCUT2D eigenvalue weighted by atomic mass is 35.5. The van der Waals surface area contributed by atoms with Gasteiger partial charge in [-0.05, 0) is 24.1 Å². The molecule has 0 fully saturated rings. The van der Waals surface area contributed by atoms with Crippen molar-refractivity contribution in [3.05, 3.63) is 65.2 Å². The molecule has 2 N–H and O–H groups in total. The summed E-state index contributed by atoms with van der Waals surface area (Å²) in [6.45, 7) is 2.27. The van der Waals surface area contributed by atoms with E-state index in [-0.39, 0.29) is 0 Å². The summed E-state index contributed by atoms with van der Waals surface area (Å²) >= 11 is 5.97. The van der Waals surface area contributed by atoms with Crippen LogP contribution in [0.1, 0.15) is 5.56 Å². The second-order valence-electron chi connectivity index (χ2n) is 7.02. The molecule has 0 aliphatic carbocycles. The number of anilines is 2. The molecule has 0 atom stereocenters. The first kappa shape index (κ1) is 20.0. The molecule has 3 aromatic rings. The fraction of sp³-hybridized carbons (Fsp3) is 0.300. The van der Waals surface area contributed by atoms with Gasteiger partial charge >= 0.3 is 0 Å². The lowest BCUT2D eigenvalue weighted by Crippen LogP contribution is -2.44. The van der Waals surface area contributed by atoms with Crippen molar-refractivity contribution in [2.24, 2.45) is 0 Å². The lowest BCUT2D eigenvalue weighted by molar-refractivity contribution is 0.413. The van der Waals surface area contributed by atoms with Gasteiger partial charge in [0, 0.05) is 23.7 Å². The monoisotopic (exact) mass is 398 g/mol. The number of hydrogen-bond acceptors (Lipinski definition) is 6. The molecule has 0 saturated carbocycles. The van der Waals surface area contributed by atoms with Crippen molar-refractivity contribution in [1.82, 2.24) is 24.9 Å². The van der Waals surface area contributed by atoms with Crippen molar-refractivity contribution in [3.63, 3.8) is 0 Å². The molecule has 0 radical (unpaired) electrons. The third-order valence-corrected chi connectivity index (χ3v) is 4.75. The summed E-state index contributed by atoms with van der Waals surface area (Å²) in [5.74, 6) is 0.850. The van der Waals surface area contributed by atoms with Crippen LogP contribution in [0.15, 0.2) is 54.6 Å². The predicted molar refractivity (Wildman–Crippen MR) is 115 cm³/mol. The number of halogens is 1. The highest BCUT2D eigenvalue weighted by Gasteiger charge is 2.18. The minimum atomic E-state index is 0.421. The largest absolute Gasteiger partial charge is 0.351 e. The highest BCUT2D eigenvalue weighted by Crippen LogP contribution is 2.21. The van der Waals surface area contributed by atoms with Gasteiger partial charge in [-0.1, -0.05) is 41.9 Å². The summed E-state index contributed by atoms with van der Waals surface area (Å²) in [7, 11) is 4.28. The van der Waals surface area contributed by atoms with Crippen LogP contribution in [0, 0.1) is 0 Å². The van der Waals surface area contributed by atoms with Crippen LogP contribution in [0.3, 0.4) is 0 Å². The van der Waals surface area contributed by atoms with Crippen LogP contribution in [-0.2, 0) is 6.42 Å². The summed E-state index contributed by atoms with van der Waals surface area (Å²) in [5, 5.41) is 23.4. The Balaban J connectivity index is 1.43. The SMILES string of the molecule is C[N+](C)(CCNc1nnc(NCCc2ccccc2)nn1)c1ccc(Cl)cc1. The standard InChI is InChI=1S/C20H25ClN7/c1-28(2,18-10-8-17(21)9-11-18)15-14-23-20-26-24-19(25-27-20)22-13-12-16-6-4-3-5-7-16/h3-11H,12-15H2,1-2H3,(H,22,24,25)(H,23,26,27)/q+1. The van der Waals surface area contributed by atoms with E-state index in [9.17, 15) is 0 Å².